The molecule has 0 amide bonds. The number of aliphatic hydroxyl groups is 1. The average Bonchev–Trinajstić information content (AvgIpc) is 2.93. The van der Waals surface area contributed by atoms with Crippen LogP contribution in [0.2, 0.25) is 0 Å². The van der Waals surface area contributed by atoms with E-state index in [2.05, 4.69) is 44.3 Å². The molecule has 0 aromatic heterocycles. The molecule has 1 aliphatic rings. The van der Waals surface area contributed by atoms with Crippen LogP contribution in [0.15, 0.2) is 22.7 Å². The molecule has 1 saturated heterocycles. The molecular weight excluding hydrogens is 320 g/mol. The van der Waals surface area contributed by atoms with Crippen molar-refractivity contribution in [3.05, 3.63) is 28.2 Å². The average molecular weight is 343 g/mol. The highest BCUT2D eigenvalue weighted by atomic mass is 79.9. The molecule has 1 aromatic rings. The van der Waals surface area contributed by atoms with E-state index < -0.39 is 0 Å². The summed E-state index contributed by atoms with van der Waals surface area (Å²) in [7, 11) is 1.71. The Kier molecular flexibility index (Phi) is 6.29. The first-order chi connectivity index (χ1) is 9.76. The highest BCUT2D eigenvalue weighted by molar-refractivity contribution is 9.10. The predicted molar refractivity (Wildman–Crippen MR) is 85.2 cm³/mol. The normalized spacial score (nSPS) is 18.8. The molecule has 1 aliphatic heterocycles. The number of benzene rings is 1. The van der Waals surface area contributed by atoms with Gasteiger partial charge in [-0.25, -0.2) is 0 Å². The molecule has 112 valence electrons. The smallest absolute Gasteiger partial charge is 0.0635 e. The van der Waals surface area contributed by atoms with Crippen LogP contribution >= 0.6 is 15.9 Å². The minimum Gasteiger partial charge on any atom is -0.394 e. The third-order valence-electron chi connectivity index (χ3n) is 3.74. The van der Waals surface area contributed by atoms with E-state index in [0.29, 0.717) is 0 Å². The van der Waals surface area contributed by atoms with E-state index in [1.165, 1.54) is 11.3 Å². The van der Waals surface area contributed by atoms with E-state index in [1.807, 2.05) is 0 Å². The van der Waals surface area contributed by atoms with Gasteiger partial charge in [-0.05, 0) is 30.5 Å². The van der Waals surface area contributed by atoms with E-state index in [0.717, 1.165) is 43.6 Å². The lowest BCUT2D eigenvalue weighted by Crippen LogP contribution is -2.33. The first-order valence-corrected chi connectivity index (χ1v) is 7.91. The number of hydrogen-bond donors (Lipinski definition) is 2. The molecule has 20 heavy (non-hydrogen) atoms. The van der Waals surface area contributed by atoms with Gasteiger partial charge in [0.2, 0.25) is 0 Å². The Bertz CT molecular complexity index is 428. The van der Waals surface area contributed by atoms with Crippen LogP contribution in [0.5, 0.6) is 0 Å². The largest absolute Gasteiger partial charge is 0.394 e. The second-order valence-electron chi connectivity index (χ2n) is 5.11. The Balaban J connectivity index is 2.11. The van der Waals surface area contributed by atoms with Crippen LogP contribution in [0.3, 0.4) is 0 Å². The summed E-state index contributed by atoms with van der Waals surface area (Å²) in [6, 6.07) is 6.62. The molecule has 1 fully saturated rings. The Labute approximate surface area is 129 Å². The van der Waals surface area contributed by atoms with Crippen molar-refractivity contribution in [2.75, 3.05) is 38.3 Å². The SMILES string of the molecule is COCCNCc1ccc(Br)cc1N1CCCC1CO. The standard InChI is InChI=1S/C15H23BrN2O2/c1-20-8-6-17-10-12-4-5-13(16)9-15(12)18-7-2-3-14(18)11-19/h4-5,9,14,17,19H,2-3,6-8,10-11H2,1H3. The number of ether oxygens (including phenoxy) is 1. The first kappa shape index (κ1) is 15.8. The lowest BCUT2D eigenvalue weighted by Gasteiger charge is -2.28. The first-order valence-electron chi connectivity index (χ1n) is 7.12. The number of halogens is 1. The maximum Gasteiger partial charge on any atom is 0.0635 e. The summed E-state index contributed by atoms with van der Waals surface area (Å²) in [6.07, 6.45) is 2.22. The number of aliphatic hydroxyl groups excluding tert-OH is 1. The van der Waals surface area contributed by atoms with Crippen LogP contribution in [0.1, 0.15) is 18.4 Å². The van der Waals surface area contributed by atoms with Crippen molar-refractivity contribution >= 4 is 21.6 Å². The lowest BCUT2D eigenvalue weighted by atomic mass is 10.1. The minimum atomic E-state index is 0.225. The fourth-order valence-electron chi connectivity index (χ4n) is 2.69. The van der Waals surface area contributed by atoms with Crippen molar-refractivity contribution in [2.45, 2.75) is 25.4 Å². The number of rotatable bonds is 7. The van der Waals surface area contributed by atoms with Gasteiger partial charge in [-0.2, -0.15) is 0 Å². The van der Waals surface area contributed by atoms with Crippen LogP contribution in [0, 0.1) is 0 Å². The van der Waals surface area contributed by atoms with Gasteiger partial charge >= 0.3 is 0 Å². The van der Waals surface area contributed by atoms with Crippen molar-refractivity contribution in [3.8, 4) is 0 Å². The molecule has 0 bridgehead atoms. The zero-order valence-electron chi connectivity index (χ0n) is 11.9. The van der Waals surface area contributed by atoms with E-state index in [-0.39, 0.29) is 12.6 Å². The summed E-state index contributed by atoms with van der Waals surface area (Å²) in [5, 5.41) is 12.9. The fourth-order valence-corrected chi connectivity index (χ4v) is 3.04. The maximum atomic E-state index is 9.52. The molecule has 2 rings (SSSR count). The van der Waals surface area contributed by atoms with Gasteiger partial charge in [0, 0.05) is 36.9 Å². The number of anilines is 1. The number of nitrogens with one attached hydrogen (secondary N) is 1. The lowest BCUT2D eigenvalue weighted by molar-refractivity contribution is 0.199. The second kappa shape index (κ2) is 7.98. The highest BCUT2D eigenvalue weighted by Crippen LogP contribution is 2.31. The fraction of sp³-hybridized carbons (Fsp3) is 0.600. The van der Waals surface area contributed by atoms with E-state index >= 15 is 0 Å². The molecule has 1 unspecified atom stereocenters. The number of methoxy groups -OCH3 is 1. The summed E-state index contributed by atoms with van der Waals surface area (Å²) in [4.78, 5) is 2.33. The molecule has 0 aliphatic carbocycles. The summed E-state index contributed by atoms with van der Waals surface area (Å²) in [5.41, 5.74) is 2.49. The van der Waals surface area contributed by atoms with Gasteiger partial charge in [0.15, 0.2) is 0 Å². The second-order valence-corrected chi connectivity index (χ2v) is 6.03. The third kappa shape index (κ3) is 3.95. The zero-order valence-corrected chi connectivity index (χ0v) is 13.5. The zero-order chi connectivity index (χ0) is 14.4. The third-order valence-corrected chi connectivity index (χ3v) is 4.24. The van der Waals surface area contributed by atoms with E-state index in [4.69, 9.17) is 4.74 Å². The molecule has 4 nitrogen and oxygen atoms in total. The summed E-state index contributed by atoms with van der Waals surface area (Å²) in [6.45, 7) is 3.63. The van der Waals surface area contributed by atoms with Gasteiger partial charge in [0.05, 0.1) is 19.3 Å². The van der Waals surface area contributed by atoms with Crippen LogP contribution in [-0.2, 0) is 11.3 Å². The summed E-state index contributed by atoms with van der Waals surface area (Å²) >= 11 is 3.55. The van der Waals surface area contributed by atoms with Gasteiger partial charge in [-0.15, -0.1) is 0 Å². The van der Waals surface area contributed by atoms with Crippen molar-refractivity contribution in [1.29, 1.82) is 0 Å². The summed E-state index contributed by atoms with van der Waals surface area (Å²) < 4.78 is 6.13. The summed E-state index contributed by atoms with van der Waals surface area (Å²) in [5.74, 6) is 0. The molecule has 1 aromatic carbocycles. The van der Waals surface area contributed by atoms with E-state index in [9.17, 15) is 5.11 Å². The molecule has 1 heterocycles. The van der Waals surface area contributed by atoms with Gasteiger partial charge in [0.1, 0.15) is 0 Å². The predicted octanol–water partition coefficient (Wildman–Crippen LogP) is 2.15. The van der Waals surface area contributed by atoms with Crippen LogP contribution < -0.4 is 10.2 Å². The molecule has 1 atom stereocenters. The van der Waals surface area contributed by atoms with Crippen LogP contribution in [0.4, 0.5) is 5.69 Å². The van der Waals surface area contributed by atoms with Crippen LogP contribution in [0.25, 0.3) is 0 Å². The molecule has 0 saturated carbocycles. The molecular formula is C15H23BrN2O2. The van der Waals surface area contributed by atoms with Crippen molar-refractivity contribution in [3.63, 3.8) is 0 Å². The minimum absolute atomic E-state index is 0.225. The number of hydrogen-bond acceptors (Lipinski definition) is 4. The Morgan fingerprint density at radius 3 is 3.10 bits per heavy atom. The van der Waals surface area contributed by atoms with Gasteiger partial charge in [-0.1, -0.05) is 22.0 Å². The Hall–Kier alpha value is -0.620. The van der Waals surface area contributed by atoms with Gasteiger partial charge < -0.3 is 20.1 Å². The van der Waals surface area contributed by atoms with Crippen molar-refractivity contribution in [2.24, 2.45) is 0 Å². The number of nitrogens with zero attached hydrogens (tertiary/aromatic N) is 1. The Morgan fingerprint density at radius 1 is 1.50 bits per heavy atom. The quantitative estimate of drug-likeness (QED) is 0.745. The molecule has 0 spiro atoms. The Morgan fingerprint density at radius 2 is 2.35 bits per heavy atom. The molecule has 0 radical (unpaired) electrons. The van der Waals surface area contributed by atoms with Gasteiger partial charge in [0.25, 0.3) is 0 Å². The topological polar surface area (TPSA) is 44.7 Å². The van der Waals surface area contributed by atoms with Crippen molar-refractivity contribution in [1.82, 2.24) is 5.32 Å². The highest BCUT2D eigenvalue weighted by Gasteiger charge is 2.25. The molecule has 5 heteroatoms. The van der Waals surface area contributed by atoms with Gasteiger partial charge in [-0.3, -0.25) is 0 Å². The van der Waals surface area contributed by atoms with Crippen LogP contribution in [-0.4, -0.2) is 44.6 Å². The molecule has 2 N–H and O–H groups in total. The maximum absolute atomic E-state index is 9.52. The van der Waals surface area contributed by atoms with Crippen molar-refractivity contribution < 1.29 is 9.84 Å². The monoisotopic (exact) mass is 342 g/mol. The van der Waals surface area contributed by atoms with E-state index in [1.54, 1.807) is 7.11 Å².